The van der Waals surface area contributed by atoms with Gasteiger partial charge in [0.25, 0.3) is 0 Å². The van der Waals surface area contributed by atoms with Crippen LogP contribution in [0.2, 0.25) is 0 Å². The normalized spacial score (nSPS) is 10.3. The number of carbonyl (C=O) groups excluding carboxylic acids is 1. The van der Waals surface area contributed by atoms with Gasteiger partial charge in [0.1, 0.15) is 5.82 Å². The van der Waals surface area contributed by atoms with E-state index in [1.807, 2.05) is 0 Å². The Morgan fingerprint density at radius 2 is 2.10 bits per heavy atom. The highest BCUT2D eigenvalue weighted by Crippen LogP contribution is 2.05. The van der Waals surface area contributed by atoms with E-state index in [0.29, 0.717) is 18.8 Å². The number of halogens is 1. The second-order valence-electron chi connectivity index (χ2n) is 4.15. The summed E-state index contributed by atoms with van der Waals surface area (Å²) in [6.45, 7) is 0.660. The van der Waals surface area contributed by atoms with Gasteiger partial charge in [-0.1, -0.05) is 12.1 Å². The van der Waals surface area contributed by atoms with Gasteiger partial charge in [-0.2, -0.15) is 5.10 Å². The zero-order valence-electron chi connectivity index (χ0n) is 10.7. The highest BCUT2D eigenvalue weighted by molar-refractivity contribution is 5.88. The fourth-order valence-corrected chi connectivity index (χ4v) is 1.61. The van der Waals surface area contributed by atoms with Crippen LogP contribution in [0.5, 0.6) is 0 Å². The molecule has 0 atom stereocenters. The van der Waals surface area contributed by atoms with Crippen molar-refractivity contribution in [3.63, 3.8) is 0 Å². The van der Waals surface area contributed by atoms with E-state index in [2.05, 4.69) is 15.7 Å². The highest BCUT2D eigenvalue weighted by atomic mass is 19.1. The van der Waals surface area contributed by atoms with Crippen LogP contribution in [0.3, 0.4) is 0 Å². The summed E-state index contributed by atoms with van der Waals surface area (Å²) in [7, 11) is 0. The number of nitrogens with one attached hydrogen (secondary N) is 2. The Hall–Kier alpha value is -2.41. The lowest BCUT2D eigenvalue weighted by atomic mass is 10.2. The Kier molecular flexibility index (Phi) is 4.67. The molecule has 0 aliphatic heterocycles. The van der Waals surface area contributed by atoms with Crippen molar-refractivity contribution in [2.75, 3.05) is 11.9 Å². The maximum Gasteiger partial charge on any atom is 0.319 e. The van der Waals surface area contributed by atoms with Crippen molar-refractivity contribution in [2.24, 2.45) is 0 Å². The number of anilines is 1. The molecule has 0 fully saturated rings. The van der Waals surface area contributed by atoms with E-state index >= 15 is 0 Å². The minimum atomic E-state index is -0.377. The van der Waals surface area contributed by atoms with Gasteiger partial charge in [0.15, 0.2) is 0 Å². The fourth-order valence-electron chi connectivity index (χ4n) is 1.61. The van der Waals surface area contributed by atoms with Gasteiger partial charge >= 0.3 is 6.03 Å². The first-order chi connectivity index (χ1) is 9.67. The van der Waals surface area contributed by atoms with Gasteiger partial charge in [0, 0.05) is 12.7 Å². The maximum absolute atomic E-state index is 12.7. The number of carbonyl (C=O) groups is 1. The van der Waals surface area contributed by atoms with E-state index in [4.69, 9.17) is 5.11 Å². The van der Waals surface area contributed by atoms with Crippen LogP contribution < -0.4 is 10.6 Å². The van der Waals surface area contributed by atoms with Crippen molar-refractivity contribution in [3.8, 4) is 0 Å². The minimum absolute atomic E-state index is 0.0160. The Labute approximate surface area is 115 Å². The van der Waals surface area contributed by atoms with Crippen molar-refractivity contribution >= 4 is 11.7 Å². The van der Waals surface area contributed by atoms with E-state index in [1.165, 1.54) is 23.0 Å². The van der Waals surface area contributed by atoms with E-state index in [0.717, 1.165) is 5.56 Å². The first-order valence-corrected chi connectivity index (χ1v) is 6.10. The number of hydrogen-bond donors (Lipinski definition) is 3. The van der Waals surface area contributed by atoms with E-state index < -0.39 is 0 Å². The standard InChI is InChI=1S/C13H15FN4O2/c14-11-3-1-10(2-4-11)7-15-13(20)17-12-8-16-18(9-12)5-6-19/h1-4,8-9,19H,5-7H2,(H2,15,17,20). The van der Waals surface area contributed by atoms with E-state index in [1.54, 1.807) is 18.3 Å². The molecule has 1 aromatic carbocycles. The Bertz CT molecular complexity index is 568. The minimum Gasteiger partial charge on any atom is -0.394 e. The summed E-state index contributed by atoms with van der Waals surface area (Å²) in [6, 6.07) is 5.52. The largest absolute Gasteiger partial charge is 0.394 e. The van der Waals surface area contributed by atoms with Gasteiger partial charge in [0.2, 0.25) is 0 Å². The number of aliphatic hydroxyl groups is 1. The molecule has 1 heterocycles. The van der Waals surface area contributed by atoms with Gasteiger partial charge in [-0.3, -0.25) is 4.68 Å². The molecular formula is C13H15FN4O2. The number of aliphatic hydroxyl groups excluding tert-OH is 1. The molecule has 2 aromatic rings. The zero-order valence-corrected chi connectivity index (χ0v) is 10.7. The summed E-state index contributed by atoms with van der Waals surface area (Å²) in [5.74, 6) is -0.311. The van der Waals surface area contributed by atoms with Crippen molar-refractivity contribution in [1.82, 2.24) is 15.1 Å². The SMILES string of the molecule is O=C(NCc1ccc(F)cc1)Nc1cnn(CCO)c1. The molecule has 20 heavy (non-hydrogen) atoms. The molecule has 0 saturated carbocycles. The first kappa shape index (κ1) is 14.0. The summed E-state index contributed by atoms with van der Waals surface area (Å²) < 4.78 is 14.2. The van der Waals surface area contributed by atoms with Crippen LogP contribution in [0, 0.1) is 5.82 Å². The number of benzene rings is 1. The van der Waals surface area contributed by atoms with Gasteiger partial charge in [0.05, 0.1) is 25.0 Å². The van der Waals surface area contributed by atoms with E-state index in [9.17, 15) is 9.18 Å². The second-order valence-corrected chi connectivity index (χ2v) is 4.15. The lowest BCUT2D eigenvalue weighted by Gasteiger charge is -2.06. The summed E-state index contributed by atoms with van der Waals surface area (Å²) in [4.78, 5) is 11.6. The molecule has 0 aliphatic carbocycles. The molecule has 0 unspecified atom stereocenters. The number of nitrogens with zero attached hydrogens (tertiary/aromatic N) is 2. The molecule has 2 rings (SSSR count). The number of amides is 2. The molecule has 7 heteroatoms. The van der Waals surface area contributed by atoms with Crippen LogP contribution in [0.15, 0.2) is 36.7 Å². The third-order valence-corrected chi connectivity index (χ3v) is 2.59. The Morgan fingerprint density at radius 1 is 1.35 bits per heavy atom. The third-order valence-electron chi connectivity index (χ3n) is 2.59. The van der Waals surface area contributed by atoms with E-state index in [-0.39, 0.29) is 18.5 Å². The molecule has 1 aromatic heterocycles. The predicted octanol–water partition coefficient (Wildman–Crippen LogP) is 1.34. The molecule has 6 nitrogen and oxygen atoms in total. The summed E-state index contributed by atoms with van der Waals surface area (Å²) in [6.07, 6.45) is 3.11. The molecule has 3 N–H and O–H groups in total. The molecule has 0 saturated heterocycles. The van der Waals surface area contributed by atoms with Crippen LogP contribution in [0.4, 0.5) is 14.9 Å². The summed E-state index contributed by atoms with van der Waals surface area (Å²) in [5, 5.41) is 18.0. The predicted molar refractivity (Wildman–Crippen MR) is 71.6 cm³/mol. The topological polar surface area (TPSA) is 79.2 Å². The molecular weight excluding hydrogens is 263 g/mol. The van der Waals surface area contributed by atoms with Crippen LogP contribution in [0.1, 0.15) is 5.56 Å². The number of rotatable bonds is 5. The van der Waals surface area contributed by atoms with Crippen LogP contribution in [-0.4, -0.2) is 27.5 Å². The number of hydrogen-bond acceptors (Lipinski definition) is 3. The van der Waals surface area contributed by atoms with Gasteiger partial charge in [-0.05, 0) is 17.7 Å². The molecule has 0 spiro atoms. The number of urea groups is 1. The monoisotopic (exact) mass is 278 g/mol. The molecule has 2 amide bonds. The quantitative estimate of drug-likeness (QED) is 0.772. The summed E-state index contributed by atoms with van der Waals surface area (Å²) >= 11 is 0. The second kappa shape index (κ2) is 6.67. The Balaban J connectivity index is 1.81. The first-order valence-electron chi connectivity index (χ1n) is 6.10. The average molecular weight is 278 g/mol. The van der Waals surface area contributed by atoms with Crippen LogP contribution in [0.25, 0.3) is 0 Å². The lowest BCUT2D eigenvalue weighted by Crippen LogP contribution is -2.28. The lowest BCUT2D eigenvalue weighted by molar-refractivity contribution is 0.251. The van der Waals surface area contributed by atoms with Crippen molar-refractivity contribution in [2.45, 2.75) is 13.1 Å². The highest BCUT2D eigenvalue weighted by Gasteiger charge is 2.04. The summed E-state index contributed by atoms with van der Waals surface area (Å²) in [5.41, 5.74) is 1.34. The maximum atomic E-state index is 12.7. The molecule has 0 aliphatic rings. The molecule has 0 radical (unpaired) electrons. The zero-order chi connectivity index (χ0) is 14.4. The third kappa shape index (κ3) is 4.06. The van der Waals surface area contributed by atoms with Crippen molar-refractivity contribution in [3.05, 3.63) is 48.0 Å². The Morgan fingerprint density at radius 3 is 2.80 bits per heavy atom. The fraction of sp³-hybridized carbons (Fsp3) is 0.231. The molecule has 0 bridgehead atoms. The molecule has 106 valence electrons. The van der Waals surface area contributed by atoms with Gasteiger partial charge < -0.3 is 15.7 Å². The van der Waals surface area contributed by atoms with Crippen molar-refractivity contribution < 1.29 is 14.3 Å². The van der Waals surface area contributed by atoms with Crippen LogP contribution >= 0.6 is 0 Å². The van der Waals surface area contributed by atoms with Crippen molar-refractivity contribution in [1.29, 1.82) is 0 Å². The van der Waals surface area contributed by atoms with Crippen LogP contribution in [-0.2, 0) is 13.1 Å². The average Bonchev–Trinajstić information content (AvgIpc) is 2.86. The van der Waals surface area contributed by atoms with Gasteiger partial charge in [-0.15, -0.1) is 0 Å². The number of aromatic nitrogens is 2. The van der Waals surface area contributed by atoms with Gasteiger partial charge in [-0.25, -0.2) is 9.18 Å². The smallest absolute Gasteiger partial charge is 0.319 e.